The Morgan fingerprint density at radius 2 is 1.90 bits per heavy atom. The summed E-state index contributed by atoms with van der Waals surface area (Å²) in [5.41, 5.74) is 7.13. The van der Waals surface area contributed by atoms with E-state index in [4.69, 9.17) is 5.73 Å². The molecule has 21 heavy (non-hydrogen) atoms. The summed E-state index contributed by atoms with van der Waals surface area (Å²) in [4.78, 5) is 0.364. The molecule has 1 aromatic carbocycles. The Balaban J connectivity index is 2.24. The van der Waals surface area contributed by atoms with Crippen molar-refractivity contribution in [2.75, 3.05) is 13.1 Å². The van der Waals surface area contributed by atoms with Crippen molar-refractivity contribution in [3.05, 3.63) is 29.8 Å². The van der Waals surface area contributed by atoms with Crippen LogP contribution in [0.4, 0.5) is 0 Å². The van der Waals surface area contributed by atoms with E-state index >= 15 is 0 Å². The maximum absolute atomic E-state index is 12.7. The molecule has 0 radical (unpaired) electrons. The largest absolute Gasteiger partial charge is 0.324 e. The van der Waals surface area contributed by atoms with Gasteiger partial charge in [-0.25, -0.2) is 8.42 Å². The number of sulfonamides is 1. The van der Waals surface area contributed by atoms with Crippen LogP contribution in [0, 0.1) is 5.41 Å². The molecule has 1 heterocycles. The lowest BCUT2D eigenvalue weighted by Crippen LogP contribution is -2.41. The highest BCUT2D eigenvalue weighted by Gasteiger charge is 2.32. The average molecular weight is 310 g/mol. The number of nitrogens with two attached hydrogens (primary N) is 1. The molecule has 0 bridgehead atoms. The van der Waals surface area contributed by atoms with Gasteiger partial charge < -0.3 is 5.73 Å². The average Bonchev–Trinajstić information content (AvgIpc) is 2.46. The van der Waals surface area contributed by atoms with E-state index < -0.39 is 10.0 Å². The zero-order chi connectivity index (χ0) is 15.7. The van der Waals surface area contributed by atoms with Crippen molar-refractivity contribution in [2.24, 2.45) is 11.1 Å². The van der Waals surface area contributed by atoms with Crippen LogP contribution in [0.3, 0.4) is 0 Å². The van der Waals surface area contributed by atoms with Gasteiger partial charge in [-0.15, -0.1) is 0 Å². The van der Waals surface area contributed by atoms with Crippen LogP contribution in [-0.4, -0.2) is 25.8 Å². The lowest BCUT2D eigenvalue weighted by atomic mass is 9.83. The summed E-state index contributed by atoms with van der Waals surface area (Å²) in [5, 5.41) is 0. The van der Waals surface area contributed by atoms with Crippen molar-refractivity contribution in [3.63, 3.8) is 0 Å². The highest BCUT2D eigenvalue weighted by atomic mass is 32.2. The lowest BCUT2D eigenvalue weighted by Gasteiger charge is -2.36. The zero-order valence-corrected chi connectivity index (χ0v) is 14.0. The Hall–Kier alpha value is -0.910. The first-order valence-corrected chi connectivity index (χ1v) is 9.06. The fourth-order valence-electron chi connectivity index (χ4n) is 2.62. The smallest absolute Gasteiger partial charge is 0.243 e. The molecular formula is C16H26N2O2S. The van der Waals surface area contributed by atoms with Gasteiger partial charge in [0, 0.05) is 19.1 Å². The normalized spacial score (nSPS) is 21.1. The summed E-state index contributed by atoms with van der Waals surface area (Å²) < 4.78 is 27.1. The van der Waals surface area contributed by atoms with Crippen LogP contribution in [0.25, 0.3) is 0 Å². The molecular weight excluding hydrogens is 284 g/mol. The van der Waals surface area contributed by atoms with E-state index in [9.17, 15) is 8.42 Å². The molecule has 2 N–H and O–H groups in total. The first kappa shape index (κ1) is 16.5. The van der Waals surface area contributed by atoms with Gasteiger partial charge in [0.25, 0.3) is 0 Å². The van der Waals surface area contributed by atoms with E-state index in [-0.39, 0.29) is 11.5 Å². The molecule has 0 spiro atoms. The van der Waals surface area contributed by atoms with Crippen molar-refractivity contribution >= 4 is 10.0 Å². The van der Waals surface area contributed by atoms with Crippen LogP contribution < -0.4 is 5.73 Å². The molecule has 2 rings (SSSR count). The number of nitrogens with zero attached hydrogens (tertiary/aromatic N) is 1. The molecule has 118 valence electrons. The molecule has 1 aliphatic heterocycles. The predicted molar refractivity (Wildman–Crippen MR) is 85.4 cm³/mol. The second-order valence-electron chi connectivity index (χ2n) is 6.66. The summed E-state index contributed by atoms with van der Waals surface area (Å²) >= 11 is 0. The van der Waals surface area contributed by atoms with E-state index in [2.05, 4.69) is 13.8 Å². The summed E-state index contributed by atoms with van der Waals surface area (Å²) in [6.07, 6.45) is 2.60. The Morgan fingerprint density at radius 1 is 1.29 bits per heavy atom. The van der Waals surface area contributed by atoms with E-state index in [1.807, 2.05) is 13.0 Å². The third-order valence-corrected chi connectivity index (χ3v) is 6.33. The van der Waals surface area contributed by atoms with Crippen LogP contribution in [-0.2, 0) is 10.0 Å². The Bertz CT molecular complexity index is 586. The monoisotopic (exact) mass is 310 g/mol. The maximum atomic E-state index is 12.7. The molecule has 1 saturated heterocycles. The van der Waals surface area contributed by atoms with Gasteiger partial charge in [-0.3, -0.25) is 0 Å². The second kappa shape index (κ2) is 6.07. The van der Waals surface area contributed by atoms with Crippen LogP contribution in [0.2, 0.25) is 0 Å². The van der Waals surface area contributed by atoms with Gasteiger partial charge in [0.15, 0.2) is 0 Å². The van der Waals surface area contributed by atoms with Crippen LogP contribution in [0.15, 0.2) is 29.2 Å². The van der Waals surface area contributed by atoms with Crippen LogP contribution >= 0.6 is 0 Å². The molecule has 0 aliphatic carbocycles. The van der Waals surface area contributed by atoms with Crippen molar-refractivity contribution in [3.8, 4) is 0 Å². The molecule has 1 unspecified atom stereocenters. The molecule has 1 aliphatic rings. The number of piperidine rings is 1. The van der Waals surface area contributed by atoms with Gasteiger partial charge in [-0.1, -0.05) is 32.9 Å². The minimum atomic E-state index is -3.40. The van der Waals surface area contributed by atoms with Gasteiger partial charge in [-0.2, -0.15) is 4.31 Å². The standard InChI is InChI=1S/C16H26N2O2S/c1-4-15(17)13-6-5-7-14(12-13)21(19,20)18-10-8-16(2,3)9-11-18/h5-7,12,15H,4,8-11,17H2,1-3H3. The topological polar surface area (TPSA) is 63.4 Å². The van der Waals surface area contributed by atoms with Crippen molar-refractivity contribution in [1.82, 2.24) is 4.31 Å². The molecule has 0 saturated carbocycles. The Morgan fingerprint density at radius 3 is 2.48 bits per heavy atom. The van der Waals surface area contributed by atoms with E-state index in [1.165, 1.54) is 0 Å². The van der Waals surface area contributed by atoms with E-state index in [0.717, 1.165) is 24.8 Å². The molecule has 1 fully saturated rings. The zero-order valence-electron chi connectivity index (χ0n) is 13.2. The van der Waals surface area contributed by atoms with Crippen molar-refractivity contribution in [1.29, 1.82) is 0 Å². The molecule has 4 nitrogen and oxygen atoms in total. The summed E-state index contributed by atoms with van der Waals surface area (Å²) in [7, 11) is -3.40. The van der Waals surface area contributed by atoms with E-state index in [0.29, 0.717) is 18.0 Å². The van der Waals surface area contributed by atoms with Crippen LogP contribution in [0.5, 0.6) is 0 Å². The van der Waals surface area contributed by atoms with Crippen LogP contribution in [0.1, 0.15) is 51.6 Å². The fraction of sp³-hybridized carbons (Fsp3) is 0.625. The van der Waals surface area contributed by atoms with Crippen molar-refractivity contribution < 1.29 is 8.42 Å². The summed E-state index contributed by atoms with van der Waals surface area (Å²) in [6, 6.07) is 6.96. The maximum Gasteiger partial charge on any atom is 0.243 e. The minimum Gasteiger partial charge on any atom is -0.324 e. The second-order valence-corrected chi connectivity index (χ2v) is 8.59. The lowest BCUT2D eigenvalue weighted by molar-refractivity contribution is 0.196. The number of benzene rings is 1. The Kier molecular flexibility index (Phi) is 4.76. The van der Waals surface area contributed by atoms with Crippen molar-refractivity contribution in [2.45, 2.75) is 51.0 Å². The number of rotatable bonds is 4. The predicted octanol–water partition coefficient (Wildman–Crippen LogP) is 2.91. The highest BCUT2D eigenvalue weighted by Crippen LogP contribution is 2.32. The number of hydrogen-bond acceptors (Lipinski definition) is 3. The quantitative estimate of drug-likeness (QED) is 0.930. The van der Waals surface area contributed by atoms with Gasteiger partial charge in [0.1, 0.15) is 0 Å². The first-order chi connectivity index (χ1) is 9.76. The molecule has 0 amide bonds. The fourth-order valence-corrected chi connectivity index (χ4v) is 4.12. The number of hydrogen-bond donors (Lipinski definition) is 1. The van der Waals surface area contributed by atoms with E-state index in [1.54, 1.807) is 22.5 Å². The SMILES string of the molecule is CCC(N)c1cccc(S(=O)(=O)N2CCC(C)(C)CC2)c1. The van der Waals surface area contributed by atoms with Gasteiger partial charge in [0.2, 0.25) is 10.0 Å². The molecule has 0 aromatic heterocycles. The molecule has 1 atom stereocenters. The van der Waals surface area contributed by atoms with Gasteiger partial charge >= 0.3 is 0 Å². The summed E-state index contributed by atoms with van der Waals surface area (Å²) in [6.45, 7) is 7.58. The minimum absolute atomic E-state index is 0.111. The Labute approximate surface area is 128 Å². The molecule has 5 heteroatoms. The van der Waals surface area contributed by atoms with Gasteiger partial charge in [-0.05, 0) is 42.4 Å². The summed E-state index contributed by atoms with van der Waals surface area (Å²) in [5.74, 6) is 0. The third-order valence-electron chi connectivity index (χ3n) is 4.44. The highest BCUT2D eigenvalue weighted by molar-refractivity contribution is 7.89. The third kappa shape index (κ3) is 3.65. The first-order valence-electron chi connectivity index (χ1n) is 7.62. The molecule has 1 aromatic rings. The van der Waals surface area contributed by atoms with Gasteiger partial charge in [0.05, 0.1) is 4.90 Å².